The van der Waals surface area contributed by atoms with Crippen molar-refractivity contribution in [1.29, 1.82) is 0 Å². The molecular formula is C42H54N4O6S. The zero-order valence-corrected chi connectivity index (χ0v) is 32.8. The van der Waals surface area contributed by atoms with E-state index in [4.69, 9.17) is 4.74 Å². The summed E-state index contributed by atoms with van der Waals surface area (Å²) in [5, 5.41) is 25.9. The molecule has 2 aromatic carbocycles. The Kier molecular flexibility index (Phi) is 14.3. The van der Waals surface area contributed by atoms with Gasteiger partial charge in [-0.3, -0.25) is 9.59 Å². The smallest absolute Gasteiger partial charge is 0.328 e. The number of aliphatic carboxylic acids is 1. The Morgan fingerprint density at radius 3 is 1.98 bits per heavy atom. The molecule has 2 aromatic heterocycles. The molecule has 0 aliphatic rings. The monoisotopic (exact) mass is 742 g/mol. The van der Waals surface area contributed by atoms with Crippen molar-refractivity contribution >= 4 is 29.1 Å². The minimum absolute atomic E-state index is 0.0751. The Hall–Kier alpha value is -4.61. The number of nitrogens with zero attached hydrogens (tertiary/aromatic N) is 2. The Bertz CT molecular complexity index is 1790. The van der Waals surface area contributed by atoms with Gasteiger partial charge in [-0.2, -0.15) is 0 Å². The molecule has 2 heterocycles. The van der Waals surface area contributed by atoms with Gasteiger partial charge in [0.1, 0.15) is 11.8 Å². The lowest BCUT2D eigenvalue weighted by Crippen LogP contribution is -2.58. The highest BCUT2D eigenvalue weighted by Gasteiger charge is 2.38. The number of hydrogen-bond donors (Lipinski definition) is 4. The highest BCUT2D eigenvalue weighted by molar-refractivity contribution is 7.14. The van der Waals surface area contributed by atoms with Crippen LogP contribution >= 0.6 is 11.3 Å². The standard InChI is InChI=1S/C42H54N4O6S/c1-8-9-10-11-12-23-52-31-19-17-28(18-20-31)30-25-43-37(44-26-30)29-15-13-27(14-16-29)24-32(38(48)46-35(40(50)51)36(47)42(5,6)7)45-39(49)33-21-22-34(53-33)41(2,3)4/h13-22,25-26,32,35-36,47H,8-12,23-24H2,1-7H3,(H,45,49)(H,46,48)(H,50,51). The van der Waals surface area contributed by atoms with Gasteiger partial charge in [0.15, 0.2) is 11.9 Å². The molecule has 0 spiro atoms. The van der Waals surface area contributed by atoms with Gasteiger partial charge < -0.3 is 25.6 Å². The van der Waals surface area contributed by atoms with Crippen LogP contribution in [0.3, 0.4) is 0 Å². The first-order valence-corrected chi connectivity index (χ1v) is 19.2. The van der Waals surface area contributed by atoms with Crippen molar-refractivity contribution in [2.45, 2.75) is 111 Å². The fourth-order valence-electron chi connectivity index (χ4n) is 5.62. The zero-order valence-electron chi connectivity index (χ0n) is 31.9. The fraction of sp³-hybridized carbons (Fsp3) is 0.452. The quantitative estimate of drug-likeness (QED) is 0.0800. The Balaban J connectivity index is 1.46. The van der Waals surface area contributed by atoms with E-state index in [9.17, 15) is 24.6 Å². The van der Waals surface area contributed by atoms with Crippen molar-refractivity contribution in [2.24, 2.45) is 5.41 Å². The van der Waals surface area contributed by atoms with E-state index < -0.39 is 41.4 Å². The maximum atomic E-state index is 13.6. The second-order valence-electron chi connectivity index (χ2n) is 15.6. The SMILES string of the molecule is CCCCCCCOc1ccc(-c2cnc(-c3ccc(CC(NC(=O)c4ccc(C(C)(C)C)s4)C(=O)NC(C(=O)O)C(O)C(C)(C)C)cc3)nc2)cc1. The van der Waals surface area contributed by atoms with E-state index in [1.807, 2.05) is 54.6 Å². The first kappa shape index (κ1) is 41.2. The van der Waals surface area contributed by atoms with Crippen molar-refractivity contribution < 1.29 is 29.3 Å². The summed E-state index contributed by atoms with van der Waals surface area (Å²) in [6, 6.07) is 16.2. The molecule has 53 heavy (non-hydrogen) atoms. The number of carboxylic acid groups (broad SMARTS) is 1. The van der Waals surface area contributed by atoms with Gasteiger partial charge in [-0.1, -0.05) is 111 Å². The number of rotatable bonds is 17. The van der Waals surface area contributed by atoms with Gasteiger partial charge in [0.25, 0.3) is 5.91 Å². The number of thiophene rings is 1. The van der Waals surface area contributed by atoms with Gasteiger partial charge in [-0.15, -0.1) is 11.3 Å². The van der Waals surface area contributed by atoms with Gasteiger partial charge >= 0.3 is 5.97 Å². The number of nitrogens with one attached hydrogen (secondary N) is 2. The van der Waals surface area contributed by atoms with Crippen LogP contribution in [0, 0.1) is 5.41 Å². The number of carbonyl (C=O) groups excluding carboxylic acids is 2. The third-order valence-electron chi connectivity index (χ3n) is 8.97. The van der Waals surface area contributed by atoms with Crippen LogP contribution in [0.1, 0.15) is 101 Å². The lowest BCUT2D eigenvalue weighted by atomic mass is 9.84. The molecule has 0 saturated heterocycles. The molecular weight excluding hydrogens is 689 g/mol. The molecule has 0 aliphatic carbocycles. The van der Waals surface area contributed by atoms with Crippen molar-refractivity contribution in [3.05, 3.63) is 88.4 Å². The summed E-state index contributed by atoms with van der Waals surface area (Å²) in [6.45, 7) is 14.1. The minimum Gasteiger partial charge on any atom is -0.494 e. The van der Waals surface area contributed by atoms with Gasteiger partial charge in [0.2, 0.25) is 5.91 Å². The molecule has 11 heteroatoms. The molecule has 10 nitrogen and oxygen atoms in total. The summed E-state index contributed by atoms with van der Waals surface area (Å²) in [4.78, 5) is 49.8. The summed E-state index contributed by atoms with van der Waals surface area (Å²) in [5.41, 5.74) is 2.36. The Morgan fingerprint density at radius 1 is 0.792 bits per heavy atom. The van der Waals surface area contributed by atoms with Crippen LogP contribution in [0.25, 0.3) is 22.5 Å². The molecule has 4 aromatic rings. The number of aliphatic hydroxyl groups is 1. The number of hydrogen-bond acceptors (Lipinski definition) is 8. The second kappa shape index (κ2) is 18.4. The average Bonchev–Trinajstić information content (AvgIpc) is 3.64. The highest BCUT2D eigenvalue weighted by Crippen LogP contribution is 2.30. The van der Waals surface area contributed by atoms with E-state index in [2.05, 4.69) is 48.3 Å². The number of aliphatic hydroxyl groups excluding tert-OH is 1. The van der Waals surface area contributed by atoms with Gasteiger partial charge in [0.05, 0.1) is 17.6 Å². The average molecular weight is 743 g/mol. The van der Waals surface area contributed by atoms with E-state index >= 15 is 0 Å². The van der Waals surface area contributed by atoms with Crippen molar-refractivity contribution in [2.75, 3.05) is 6.61 Å². The molecule has 0 aliphatic heterocycles. The maximum Gasteiger partial charge on any atom is 0.328 e. The largest absolute Gasteiger partial charge is 0.494 e. The first-order valence-electron chi connectivity index (χ1n) is 18.3. The number of ether oxygens (including phenoxy) is 1. The number of benzene rings is 2. The Labute approximate surface area is 317 Å². The summed E-state index contributed by atoms with van der Waals surface area (Å²) in [5.74, 6) is -1.17. The van der Waals surface area contributed by atoms with Crippen LogP contribution < -0.4 is 15.4 Å². The summed E-state index contributed by atoms with van der Waals surface area (Å²) in [6.07, 6.45) is 8.22. The van der Waals surface area contributed by atoms with E-state index in [1.54, 1.807) is 39.2 Å². The Morgan fingerprint density at radius 2 is 1.42 bits per heavy atom. The number of aromatic nitrogens is 2. The fourth-order valence-corrected chi connectivity index (χ4v) is 6.59. The van der Waals surface area contributed by atoms with Crippen LogP contribution in [0.5, 0.6) is 5.75 Å². The molecule has 4 rings (SSSR count). The molecule has 3 atom stereocenters. The normalized spacial score (nSPS) is 13.5. The lowest BCUT2D eigenvalue weighted by molar-refractivity contribution is -0.148. The van der Waals surface area contributed by atoms with Crippen LogP contribution in [0.2, 0.25) is 0 Å². The van der Waals surface area contributed by atoms with E-state index in [-0.39, 0.29) is 11.8 Å². The third-order valence-corrected chi connectivity index (χ3v) is 10.5. The van der Waals surface area contributed by atoms with Crippen molar-refractivity contribution in [3.63, 3.8) is 0 Å². The van der Waals surface area contributed by atoms with Crippen LogP contribution in [-0.2, 0) is 21.4 Å². The lowest BCUT2D eigenvalue weighted by Gasteiger charge is -2.32. The van der Waals surface area contributed by atoms with Gasteiger partial charge in [-0.25, -0.2) is 14.8 Å². The van der Waals surface area contributed by atoms with Gasteiger partial charge in [-0.05, 0) is 52.6 Å². The summed E-state index contributed by atoms with van der Waals surface area (Å²) >= 11 is 1.34. The molecule has 2 amide bonds. The molecule has 284 valence electrons. The predicted octanol–water partition coefficient (Wildman–Crippen LogP) is 7.84. The summed E-state index contributed by atoms with van der Waals surface area (Å²) in [7, 11) is 0. The molecule has 3 unspecified atom stereocenters. The number of unbranched alkanes of at least 4 members (excludes halogenated alkanes) is 4. The summed E-state index contributed by atoms with van der Waals surface area (Å²) < 4.78 is 5.89. The topological polar surface area (TPSA) is 151 Å². The second-order valence-corrected chi connectivity index (χ2v) is 16.6. The van der Waals surface area contributed by atoms with Crippen LogP contribution in [-0.4, -0.2) is 62.8 Å². The molecule has 0 saturated carbocycles. The first-order chi connectivity index (χ1) is 25.1. The molecule has 0 radical (unpaired) electrons. The predicted molar refractivity (Wildman–Crippen MR) is 210 cm³/mol. The third kappa shape index (κ3) is 11.9. The van der Waals surface area contributed by atoms with Crippen LogP contribution in [0.4, 0.5) is 0 Å². The number of amides is 2. The van der Waals surface area contributed by atoms with Crippen LogP contribution in [0.15, 0.2) is 73.1 Å². The minimum atomic E-state index is -1.57. The van der Waals surface area contributed by atoms with Gasteiger partial charge in [0, 0.05) is 34.8 Å². The van der Waals surface area contributed by atoms with Crippen molar-refractivity contribution in [3.8, 4) is 28.3 Å². The van der Waals surface area contributed by atoms with E-state index in [1.165, 1.54) is 37.0 Å². The maximum absolute atomic E-state index is 13.6. The number of carbonyl (C=O) groups is 3. The van der Waals surface area contributed by atoms with E-state index in [0.717, 1.165) is 39.3 Å². The molecule has 0 bridgehead atoms. The highest BCUT2D eigenvalue weighted by atomic mass is 32.1. The van der Waals surface area contributed by atoms with E-state index in [0.29, 0.717) is 17.3 Å². The molecule has 0 fully saturated rings. The molecule has 4 N–H and O–H groups in total. The number of carboxylic acids is 1. The van der Waals surface area contributed by atoms with Crippen molar-refractivity contribution in [1.82, 2.24) is 20.6 Å². The zero-order chi connectivity index (χ0) is 38.8.